The van der Waals surface area contributed by atoms with Gasteiger partial charge in [0.05, 0.1) is 4.92 Å². The van der Waals surface area contributed by atoms with Crippen LogP contribution < -0.4 is 5.32 Å². The lowest BCUT2D eigenvalue weighted by atomic mass is 10.0. The van der Waals surface area contributed by atoms with Crippen molar-refractivity contribution in [2.24, 2.45) is 0 Å². The predicted octanol–water partition coefficient (Wildman–Crippen LogP) is 5.53. The van der Waals surface area contributed by atoms with Gasteiger partial charge in [0.25, 0.3) is 5.69 Å². The quantitative estimate of drug-likeness (QED) is 0.230. The number of nitrogens with one attached hydrogen (secondary N) is 1. The van der Waals surface area contributed by atoms with E-state index in [1.807, 2.05) is 6.07 Å². The summed E-state index contributed by atoms with van der Waals surface area (Å²) in [6.45, 7) is 3.19. The summed E-state index contributed by atoms with van der Waals surface area (Å²) in [6.07, 6.45) is 13.6. The zero-order valence-corrected chi connectivity index (χ0v) is 16.3. The average Bonchev–Trinajstić information content (AvgIpc) is 2.65. The SMILES string of the molecule is CCCCCCCCCCCCNC(CCO)c1cccc([N+](=O)[O-])c1. The third-order valence-electron chi connectivity index (χ3n) is 4.82. The molecule has 1 unspecified atom stereocenters. The number of unbranched alkanes of at least 4 members (excludes halogenated alkanes) is 9. The fourth-order valence-electron chi connectivity index (χ4n) is 3.26. The Bertz CT molecular complexity index is 494. The maximum absolute atomic E-state index is 10.9. The second kappa shape index (κ2) is 14.7. The van der Waals surface area contributed by atoms with Crippen LogP contribution in [0.25, 0.3) is 0 Å². The fraction of sp³-hybridized carbons (Fsp3) is 0.714. The van der Waals surface area contributed by atoms with Gasteiger partial charge in [-0.3, -0.25) is 10.1 Å². The maximum Gasteiger partial charge on any atom is 0.269 e. The van der Waals surface area contributed by atoms with E-state index in [-0.39, 0.29) is 23.3 Å². The third kappa shape index (κ3) is 9.88. The summed E-state index contributed by atoms with van der Waals surface area (Å²) >= 11 is 0. The summed E-state index contributed by atoms with van der Waals surface area (Å²) < 4.78 is 0. The summed E-state index contributed by atoms with van der Waals surface area (Å²) in [6, 6.07) is 6.67. The van der Waals surface area contributed by atoms with Crippen molar-refractivity contribution in [1.29, 1.82) is 0 Å². The van der Waals surface area contributed by atoms with Crippen LogP contribution in [0.5, 0.6) is 0 Å². The predicted molar refractivity (Wildman–Crippen MR) is 107 cm³/mol. The highest BCUT2D eigenvalue weighted by atomic mass is 16.6. The summed E-state index contributed by atoms with van der Waals surface area (Å²) in [4.78, 5) is 10.6. The molecule has 0 aromatic heterocycles. The first-order valence-electron chi connectivity index (χ1n) is 10.3. The lowest BCUT2D eigenvalue weighted by Crippen LogP contribution is -2.23. The Hall–Kier alpha value is -1.46. The van der Waals surface area contributed by atoms with E-state index in [0.29, 0.717) is 6.42 Å². The Morgan fingerprint density at radius 3 is 2.23 bits per heavy atom. The van der Waals surface area contributed by atoms with Crippen LogP contribution in [-0.4, -0.2) is 23.2 Å². The Labute approximate surface area is 158 Å². The summed E-state index contributed by atoms with van der Waals surface area (Å²) in [5.41, 5.74) is 0.978. The monoisotopic (exact) mass is 364 g/mol. The van der Waals surface area contributed by atoms with Gasteiger partial charge in [0.2, 0.25) is 0 Å². The Morgan fingerprint density at radius 1 is 1.04 bits per heavy atom. The molecule has 0 aliphatic heterocycles. The number of nitro benzene ring substituents is 1. The molecule has 0 heterocycles. The standard InChI is InChI=1S/C21H36N2O3/c1-2-3-4-5-6-7-8-9-10-11-16-22-21(15-17-24)19-13-12-14-20(18-19)23(25)26/h12-14,18,21-22,24H,2-11,15-17H2,1H3. The molecule has 0 spiro atoms. The number of nitro groups is 1. The van der Waals surface area contributed by atoms with E-state index in [4.69, 9.17) is 0 Å². The van der Waals surface area contributed by atoms with Gasteiger partial charge in [0.15, 0.2) is 0 Å². The normalized spacial score (nSPS) is 12.2. The minimum atomic E-state index is -0.373. The zero-order valence-electron chi connectivity index (χ0n) is 16.3. The lowest BCUT2D eigenvalue weighted by Gasteiger charge is -2.18. The molecule has 2 N–H and O–H groups in total. The van der Waals surface area contributed by atoms with Gasteiger partial charge >= 0.3 is 0 Å². The van der Waals surface area contributed by atoms with E-state index in [1.165, 1.54) is 63.9 Å². The molecule has 0 radical (unpaired) electrons. The van der Waals surface area contributed by atoms with Gasteiger partial charge < -0.3 is 10.4 Å². The molecular formula is C21H36N2O3. The largest absolute Gasteiger partial charge is 0.396 e. The highest BCUT2D eigenvalue weighted by molar-refractivity contribution is 5.35. The van der Waals surface area contributed by atoms with E-state index in [0.717, 1.165) is 18.5 Å². The molecule has 0 saturated heterocycles. The first-order valence-corrected chi connectivity index (χ1v) is 10.3. The molecular weight excluding hydrogens is 328 g/mol. The topological polar surface area (TPSA) is 75.4 Å². The molecule has 148 valence electrons. The number of rotatable bonds is 16. The van der Waals surface area contributed by atoms with Gasteiger partial charge in [-0.2, -0.15) is 0 Å². The first kappa shape index (κ1) is 22.6. The van der Waals surface area contributed by atoms with Crippen LogP contribution in [-0.2, 0) is 0 Å². The van der Waals surface area contributed by atoms with E-state index >= 15 is 0 Å². The van der Waals surface area contributed by atoms with E-state index < -0.39 is 0 Å². The lowest BCUT2D eigenvalue weighted by molar-refractivity contribution is -0.384. The molecule has 0 aliphatic carbocycles. The zero-order chi connectivity index (χ0) is 19.0. The number of aliphatic hydroxyl groups excluding tert-OH is 1. The molecule has 0 bridgehead atoms. The molecule has 1 aromatic carbocycles. The molecule has 1 atom stereocenters. The van der Waals surface area contributed by atoms with Crippen molar-refractivity contribution < 1.29 is 10.0 Å². The Balaban J connectivity index is 2.20. The van der Waals surface area contributed by atoms with Gasteiger partial charge in [-0.1, -0.05) is 76.8 Å². The molecule has 26 heavy (non-hydrogen) atoms. The van der Waals surface area contributed by atoms with Gasteiger partial charge in [-0.15, -0.1) is 0 Å². The van der Waals surface area contributed by atoms with Crippen molar-refractivity contribution >= 4 is 5.69 Å². The molecule has 5 nitrogen and oxygen atoms in total. The highest BCUT2D eigenvalue weighted by Crippen LogP contribution is 2.21. The summed E-state index contributed by atoms with van der Waals surface area (Å²) in [7, 11) is 0. The van der Waals surface area contributed by atoms with Gasteiger partial charge in [-0.05, 0) is 24.9 Å². The van der Waals surface area contributed by atoms with Crippen LogP contribution in [0.3, 0.4) is 0 Å². The van der Waals surface area contributed by atoms with Crippen LogP contribution >= 0.6 is 0 Å². The van der Waals surface area contributed by atoms with Crippen LogP contribution in [0.2, 0.25) is 0 Å². The summed E-state index contributed by atoms with van der Waals surface area (Å²) in [5, 5.41) is 23.7. The molecule has 0 fully saturated rings. The average molecular weight is 365 g/mol. The molecule has 1 aromatic rings. The van der Waals surface area contributed by atoms with Crippen LogP contribution in [0.1, 0.15) is 89.2 Å². The van der Waals surface area contributed by atoms with Crippen molar-refractivity contribution in [3.63, 3.8) is 0 Å². The van der Waals surface area contributed by atoms with E-state index in [2.05, 4.69) is 12.2 Å². The fourth-order valence-corrected chi connectivity index (χ4v) is 3.26. The number of aliphatic hydroxyl groups is 1. The number of nitrogens with zero attached hydrogens (tertiary/aromatic N) is 1. The second-order valence-corrected chi connectivity index (χ2v) is 7.05. The Kier molecular flexibility index (Phi) is 12.8. The number of benzene rings is 1. The van der Waals surface area contributed by atoms with Crippen molar-refractivity contribution in [3.8, 4) is 0 Å². The molecule has 0 amide bonds. The highest BCUT2D eigenvalue weighted by Gasteiger charge is 2.14. The minimum absolute atomic E-state index is 0.0292. The first-order chi connectivity index (χ1) is 12.7. The van der Waals surface area contributed by atoms with Gasteiger partial charge in [0.1, 0.15) is 0 Å². The van der Waals surface area contributed by atoms with Crippen LogP contribution in [0.15, 0.2) is 24.3 Å². The third-order valence-corrected chi connectivity index (χ3v) is 4.82. The van der Waals surface area contributed by atoms with Gasteiger partial charge in [-0.25, -0.2) is 0 Å². The smallest absolute Gasteiger partial charge is 0.269 e. The van der Waals surface area contributed by atoms with Crippen molar-refractivity contribution in [2.75, 3.05) is 13.2 Å². The minimum Gasteiger partial charge on any atom is -0.396 e. The van der Waals surface area contributed by atoms with E-state index in [1.54, 1.807) is 12.1 Å². The molecule has 5 heteroatoms. The molecule has 0 saturated carbocycles. The number of hydrogen-bond donors (Lipinski definition) is 2. The number of non-ortho nitro benzene ring substituents is 1. The molecule has 1 rings (SSSR count). The van der Waals surface area contributed by atoms with Crippen LogP contribution in [0, 0.1) is 10.1 Å². The maximum atomic E-state index is 10.9. The summed E-state index contributed by atoms with van der Waals surface area (Å²) in [5.74, 6) is 0. The van der Waals surface area contributed by atoms with Crippen molar-refractivity contribution in [3.05, 3.63) is 39.9 Å². The second-order valence-electron chi connectivity index (χ2n) is 7.05. The number of hydrogen-bond acceptors (Lipinski definition) is 4. The van der Waals surface area contributed by atoms with E-state index in [9.17, 15) is 15.2 Å². The molecule has 0 aliphatic rings. The van der Waals surface area contributed by atoms with Crippen molar-refractivity contribution in [2.45, 2.75) is 83.6 Å². The van der Waals surface area contributed by atoms with Gasteiger partial charge in [0, 0.05) is 24.8 Å². The van der Waals surface area contributed by atoms with Crippen LogP contribution in [0.4, 0.5) is 5.69 Å². The van der Waals surface area contributed by atoms with Crippen molar-refractivity contribution in [1.82, 2.24) is 5.32 Å². The Morgan fingerprint density at radius 2 is 1.65 bits per heavy atom.